The Balaban J connectivity index is 1.61. The molecule has 0 unspecified atom stereocenters. The van der Waals surface area contributed by atoms with E-state index in [9.17, 15) is 9.59 Å². The molecule has 6 nitrogen and oxygen atoms in total. The first-order chi connectivity index (χ1) is 15.7. The van der Waals surface area contributed by atoms with Crippen LogP contribution in [-0.2, 0) is 29.2 Å². The molecule has 1 fully saturated rings. The van der Waals surface area contributed by atoms with E-state index in [0.29, 0.717) is 25.3 Å². The van der Waals surface area contributed by atoms with Crippen molar-refractivity contribution in [1.82, 2.24) is 19.8 Å². The van der Waals surface area contributed by atoms with Gasteiger partial charge in [-0.25, -0.2) is 4.98 Å². The topological polar surface area (TPSA) is 67.2 Å². The number of para-hydroxylation sites is 2. The van der Waals surface area contributed by atoms with Gasteiger partial charge in [0, 0.05) is 19.0 Å². The zero-order valence-electron chi connectivity index (χ0n) is 18.8. The third-order valence-corrected chi connectivity index (χ3v) is 6.32. The highest BCUT2D eigenvalue weighted by atomic mass is 16.2. The maximum Gasteiger partial charge on any atom is 0.243 e. The lowest BCUT2D eigenvalue weighted by atomic mass is 9.93. The van der Waals surface area contributed by atoms with Crippen molar-refractivity contribution in [3.63, 3.8) is 0 Å². The Morgan fingerprint density at radius 2 is 1.75 bits per heavy atom. The van der Waals surface area contributed by atoms with Gasteiger partial charge >= 0.3 is 0 Å². The van der Waals surface area contributed by atoms with E-state index >= 15 is 0 Å². The van der Waals surface area contributed by atoms with Crippen LogP contribution in [0.3, 0.4) is 0 Å². The van der Waals surface area contributed by atoms with Gasteiger partial charge in [-0.3, -0.25) is 9.59 Å². The highest BCUT2D eigenvalue weighted by Crippen LogP contribution is 2.25. The van der Waals surface area contributed by atoms with Crippen molar-refractivity contribution < 1.29 is 9.59 Å². The molecule has 1 aliphatic carbocycles. The largest absolute Gasteiger partial charge is 0.349 e. The molecule has 0 radical (unpaired) electrons. The molecule has 1 heterocycles. The first-order valence-corrected chi connectivity index (χ1v) is 11.7. The number of nitrogens with one attached hydrogen (secondary N) is 1. The second-order valence-corrected chi connectivity index (χ2v) is 8.53. The summed E-state index contributed by atoms with van der Waals surface area (Å²) in [6.45, 7) is 2.99. The molecule has 1 aromatic heterocycles. The summed E-state index contributed by atoms with van der Waals surface area (Å²) in [4.78, 5) is 32.3. The number of carbonyl (C=O) groups is 2. The second-order valence-electron chi connectivity index (χ2n) is 8.53. The summed E-state index contributed by atoms with van der Waals surface area (Å²) in [7, 11) is 0. The van der Waals surface area contributed by atoms with Crippen LogP contribution in [0.4, 0.5) is 0 Å². The molecule has 4 rings (SSSR count). The van der Waals surface area contributed by atoms with Crippen LogP contribution in [0.2, 0.25) is 0 Å². The number of hydrogen-bond acceptors (Lipinski definition) is 3. The van der Waals surface area contributed by atoms with Crippen LogP contribution < -0.4 is 5.32 Å². The van der Waals surface area contributed by atoms with Crippen LogP contribution >= 0.6 is 0 Å². The summed E-state index contributed by atoms with van der Waals surface area (Å²) in [5.74, 6) is 0.791. The van der Waals surface area contributed by atoms with Gasteiger partial charge in [-0.1, -0.05) is 68.7 Å². The van der Waals surface area contributed by atoms with Gasteiger partial charge in [-0.2, -0.15) is 0 Å². The molecule has 2 aromatic carbocycles. The summed E-state index contributed by atoms with van der Waals surface area (Å²) in [6, 6.07) is 18.3. The summed E-state index contributed by atoms with van der Waals surface area (Å²) in [5, 5.41) is 2.91. The minimum absolute atomic E-state index is 0.0251. The molecule has 0 saturated heterocycles. The normalized spacial score (nSPS) is 14.4. The predicted octanol–water partition coefficient (Wildman–Crippen LogP) is 4.42. The van der Waals surface area contributed by atoms with Crippen LogP contribution in [0.1, 0.15) is 56.8 Å². The van der Waals surface area contributed by atoms with Gasteiger partial charge in [-0.15, -0.1) is 0 Å². The lowest BCUT2D eigenvalue weighted by Crippen LogP contribution is -2.42. The Morgan fingerprint density at radius 3 is 2.50 bits per heavy atom. The standard InChI is InChI=1S/C26H32N4O2/c1-2-25(31)27-17-24-28-22-15-9-10-16-23(22)30(24)19-26(32)29(21-13-7-4-8-14-21)18-20-11-5-3-6-12-20/h3,5-6,9-12,15-16,21H,2,4,7-8,13-14,17-19H2,1H3,(H,27,31). The van der Waals surface area contributed by atoms with Crippen molar-refractivity contribution in [3.8, 4) is 0 Å². The molecule has 168 valence electrons. The third kappa shape index (κ3) is 5.18. The van der Waals surface area contributed by atoms with E-state index < -0.39 is 0 Å². The van der Waals surface area contributed by atoms with E-state index in [-0.39, 0.29) is 24.4 Å². The Kier molecular flexibility index (Phi) is 7.20. The molecule has 1 saturated carbocycles. The Morgan fingerprint density at radius 1 is 1.03 bits per heavy atom. The quantitative estimate of drug-likeness (QED) is 0.573. The maximum atomic E-state index is 13.7. The van der Waals surface area contributed by atoms with Gasteiger partial charge in [0.05, 0.1) is 17.6 Å². The van der Waals surface area contributed by atoms with Gasteiger partial charge < -0.3 is 14.8 Å². The molecule has 0 spiro atoms. The Bertz CT molecular complexity index is 1050. The number of amides is 2. The van der Waals surface area contributed by atoms with E-state index in [4.69, 9.17) is 4.98 Å². The predicted molar refractivity (Wildman–Crippen MR) is 126 cm³/mol. The lowest BCUT2D eigenvalue weighted by Gasteiger charge is -2.35. The van der Waals surface area contributed by atoms with Crippen LogP contribution in [0, 0.1) is 0 Å². The van der Waals surface area contributed by atoms with Crippen LogP contribution in [0.25, 0.3) is 11.0 Å². The molecule has 3 aromatic rings. The second kappa shape index (κ2) is 10.4. The number of carbonyl (C=O) groups excluding carboxylic acids is 2. The lowest BCUT2D eigenvalue weighted by molar-refractivity contribution is -0.135. The summed E-state index contributed by atoms with van der Waals surface area (Å²) >= 11 is 0. The molecule has 1 N–H and O–H groups in total. The van der Waals surface area contributed by atoms with Gasteiger partial charge in [0.2, 0.25) is 11.8 Å². The van der Waals surface area contributed by atoms with Crippen molar-refractivity contribution in [2.75, 3.05) is 0 Å². The molecule has 1 aliphatic rings. The minimum atomic E-state index is -0.0251. The van der Waals surface area contributed by atoms with Crippen molar-refractivity contribution in [1.29, 1.82) is 0 Å². The number of aromatic nitrogens is 2. The van der Waals surface area contributed by atoms with Gasteiger partial charge in [0.1, 0.15) is 12.4 Å². The number of nitrogens with zero attached hydrogens (tertiary/aromatic N) is 3. The minimum Gasteiger partial charge on any atom is -0.349 e. The molecule has 2 amide bonds. The highest BCUT2D eigenvalue weighted by molar-refractivity contribution is 5.81. The van der Waals surface area contributed by atoms with Crippen LogP contribution in [0.15, 0.2) is 54.6 Å². The average molecular weight is 433 g/mol. The SMILES string of the molecule is CCC(=O)NCc1nc2ccccc2n1CC(=O)N(Cc1ccccc1)C1CCCCC1. The van der Waals surface area contributed by atoms with E-state index in [2.05, 4.69) is 22.3 Å². The van der Waals surface area contributed by atoms with Crippen molar-refractivity contribution in [3.05, 3.63) is 66.0 Å². The molecule has 6 heteroatoms. The van der Waals surface area contributed by atoms with Crippen LogP contribution in [0.5, 0.6) is 0 Å². The highest BCUT2D eigenvalue weighted by Gasteiger charge is 2.27. The van der Waals surface area contributed by atoms with Crippen molar-refractivity contribution >= 4 is 22.8 Å². The smallest absolute Gasteiger partial charge is 0.243 e. The Labute approximate surface area is 189 Å². The van der Waals surface area contributed by atoms with Crippen molar-refractivity contribution in [2.45, 2.75) is 71.1 Å². The molecular weight excluding hydrogens is 400 g/mol. The van der Waals surface area contributed by atoms with Crippen molar-refractivity contribution in [2.24, 2.45) is 0 Å². The van der Waals surface area contributed by atoms with E-state index in [0.717, 1.165) is 29.4 Å². The zero-order chi connectivity index (χ0) is 22.3. The van der Waals surface area contributed by atoms with Gasteiger partial charge in [0.15, 0.2) is 0 Å². The molecule has 0 atom stereocenters. The average Bonchev–Trinajstić information content (AvgIpc) is 3.19. The summed E-state index contributed by atoms with van der Waals surface area (Å²) in [5.41, 5.74) is 2.91. The maximum absolute atomic E-state index is 13.7. The summed E-state index contributed by atoms with van der Waals surface area (Å²) in [6.07, 6.45) is 6.13. The number of hydrogen-bond donors (Lipinski definition) is 1. The molecule has 0 aliphatic heterocycles. The fourth-order valence-corrected chi connectivity index (χ4v) is 4.56. The van der Waals surface area contributed by atoms with Gasteiger partial charge in [-0.05, 0) is 30.5 Å². The van der Waals surface area contributed by atoms with Gasteiger partial charge in [0.25, 0.3) is 0 Å². The molecule has 32 heavy (non-hydrogen) atoms. The third-order valence-electron chi connectivity index (χ3n) is 6.32. The first-order valence-electron chi connectivity index (χ1n) is 11.7. The first kappa shape index (κ1) is 22.1. The number of benzene rings is 2. The fourth-order valence-electron chi connectivity index (χ4n) is 4.56. The number of imidazole rings is 1. The van der Waals surface area contributed by atoms with E-state index in [1.807, 2.05) is 54.0 Å². The van der Waals surface area contributed by atoms with E-state index in [1.165, 1.54) is 19.3 Å². The molecule has 0 bridgehead atoms. The monoisotopic (exact) mass is 432 g/mol. The number of fused-ring (bicyclic) bond motifs is 1. The fraction of sp³-hybridized carbons (Fsp3) is 0.423. The Hall–Kier alpha value is -3.15. The molecular formula is C26H32N4O2. The van der Waals surface area contributed by atoms with Crippen LogP contribution in [-0.4, -0.2) is 32.3 Å². The number of rotatable bonds is 8. The zero-order valence-corrected chi connectivity index (χ0v) is 18.8. The van der Waals surface area contributed by atoms with E-state index in [1.54, 1.807) is 0 Å². The summed E-state index contributed by atoms with van der Waals surface area (Å²) < 4.78 is 1.97.